The summed E-state index contributed by atoms with van der Waals surface area (Å²) < 4.78 is 0. The van der Waals surface area contributed by atoms with E-state index in [0.29, 0.717) is 0 Å². The van der Waals surface area contributed by atoms with Gasteiger partial charge in [0.1, 0.15) is 0 Å². The van der Waals surface area contributed by atoms with Crippen molar-refractivity contribution in [3.63, 3.8) is 0 Å². The molecule has 1 aromatic carbocycles. The quantitative estimate of drug-likeness (QED) is 0.782. The Labute approximate surface area is 134 Å². The Morgan fingerprint density at radius 2 is 1.68 bits per heavy atom. The zero-order valence-corrected chi connectivity index (χ0v) is 14.2. The highest BCUT2D eigenvalue weighted by Crippen LogP contribution is 2.13. The lowest BCUT2D eigenvalue weighted by Gasteiger charge is -2.24. The van der Waals surface area contributed by atoms with E-state index in [0.717, 1.165) is 26.2 Å². The van der Waals surface area contributed by atoms with Gasteiger partial charge >= 0.3 is 0 Å². The average Bonchev–Trinajstić information content (AvgIpc) is 2.49. The van der Waals surface area contributed by atoms with Crippen molar-refractivity contribution in [2.45, 2.75) is 26.9 Å². The van der Waals surface area contributed by atoms with E-state index in [1.165, 1.54) is 22.3 Å². The molecule has 0 aliphatic rings. The molecule has 3 nitrogen and oxygen atoms in total. The van der Waals surface area contributed by atoms with Gasteiger partial charge in [0, 0.05) is 38.6 Å². The van der Waals surface area contributed by atoms with Crippen LogP contribution in [-0.2, 0) is 13.1 Å². The van der Waals surface area contributed by atoms with Crippen molar-refractivity contribution in [2.75, 3.05) is 27.2 Å². The average molecular weight is 297 g/mol. The molecule has 0 radical (unpaired) electrons. The first-order valence-electron chi connectivity index (χ1n) is 7.86. The van der Waals surface area contributed by atoms with Gasteiger partial charge in [0.15, 0.2) is 0 Å². The van der Waals surface area contributed by atoms with Crippen LogP contribution in [0.15, 0.2) is 42.7 Å². The van der Waals surface area contributed by atoms with E-state index in [1.54, 1.807) is 0 Å². The van der Waals surface area contributed by atoms with Gasteiger partial charge in [-0.15, -0.1) is 0 Å². The second-order valence-corrected chi connectivity index (χ2v) is 6.29. The van der Waals surface area contributed by atoms with Crippen molar-refractivity contribution in [1.29, 1.82) is 0 Å². The van der Waals surface area contributed by atoms with Gasteiger partial charge in [0.05, 0.1) is 0 Å². The lowest BCUT2D eigenvalue weighted by molar-refractivity contribution is 0.226. The first kappa shape index (κ1) is 16.7. The van der Waals surface area contributed by atoms with E-state index >= 15 is 0 Å². The summed E-state index contributed by atoms with van der Waals surface area (Å²) in [4.78, 5) is 8.95. The lowest BCUT2D eigenvalue weighted by Crippen LogP contribution is -2.31. The predicted molar refractivity (Wildman–Crippen MR) is 92.8 cm³/mol. The normalized spacial score (nSPS) is 11.4. The van der Waals surface area contributed by atoms with Crippen molar-refractivity contribution in [3.8, 4) is 0 Å². The maximum Gasteiger partial charge on any atom is 0.0312 e. The summed E-state index contributed by atoms with van der Waals surface area (Å²) in [6.45, 7) is 8.38. The van der Waals surface area contributed by atoms with Crippen molar-refractivity contribution >= 4 is 0 Å². The number of aryl methyl sites for hydroxylation is 2. The van der Waals surface area contributed by atoms with E-state index in [9.17, 15) is 0 Å². The van der Waals surface area contributed by atoms with Gasteiger partial charge in [-0.1, -0.05) is 24.3 Å². The minimum atomic E-state index is 0.939. The van der Waals surface area contributed by atoms with Gasteiger partial charge in [-0.3, -0.25) is 9.88 Å². The third-order valence-electron chi connectivity index (χ3n) is 3.97. The summed E-state index contributed by atoms with van der Waals surface area (Å²) in [5, 5.41) is 0. The fourth-order valence-corrected chi connectivity index (χ4v) is 2.47. The second-order valence-electron chi connectivity index (χ2n) is 6.29. The van der Waals surface area contributed by atoms with Crippen LogP contribution in [0, 0.1) is 13.8 Å². The molecule has 2 rings (SSSR count). The third kappa shape index (κ3) is 5.24. The standard InChI is InChI=1S/C19H27N3/c1-16-7-8-18(12-17(16)2)14-22(11-10-21(3)4)15-19-6-5-9-20-13-19/h5-9,12-13H,10-11,14-15H2,1-4H3. The molecule has 1 aromatic heterocycles. The topological polar surface area (TPSA) is 19.4 Å². The van der Waals surface area contributed by atoms with Crippen molar-refractivity contribution < 1.29 is 0 Å². The summed E-state index contributed by atoms with van der Waals surface area (Å²) in [6, 6.07) is 10.9. The molecule has 0 amide bonds. The Hall–Kier alpha value is -1.71. The molecular formula is C19H27N3. The molecule has 0 saturated carbocycles. The number of rotatable bonds is 7. The molecule has 0 bridgehead atoms. The second kappa shape index (κ2) is 8.06. The summed E-state index contributed by atoms with van der Waals surface area (Å²) in [7, 11) is 4.25. The Kier molecular flexibility index (Phi) is 6.10. The molecule has 0 aliphatic heterocycles. The van der Waals surface area contributed by atoms with Crippen LogP contribution in [0.25, 0.3) is 0 Å². The molecule has 1 heterocycles. The molecule has 22 heavy (non-hydrogen) atoms. The summed E-state index contributed by atoms with van der Waals surface area (Å²) in [5.41, 5.74) is 5.37. The van der Waals surface area contributed by atoms with Crippen LogP contribution in [0.5, 0.6) is 0 Å². The van der Waals surface area contributed by atoms with Crippen LogP contribution in [0.4, 0.5) is 0 Å². The maximum atomic E-state index is 4.23. The maximum absolute atomic E-state index is 4.23. The minimum Gasteiger partial charge on any atom is -0.308 e. The number of nitrogens with zero attached hydrogens (tertiary/aromatic N) is 3. The van der Waals surface area contributed by atoms with E-state index in [2.05, 4.69) is 67.0 Å². The van der Waals surface area contributed by atoms with Crippen molar-refractivity contribution in [1.82, 2.24) is 14.8 Å². The van der Waals surface area contributed by atoms with E-state index in [4.69, 9.17) is 0 Å². The number of hydrogen-bond donors (Lipinski definition) is 0. The Balaban J connectivity index is 2.07. The van der Waals surface area contributed by atoms with Gasteiger partial charge in [0.25, 0.3) is 0 Å². The number of benzene rings is 1. The van der Waals surface area contributed by atoms with Crippen LogP contribution in [0.3, 0.4) is 0 Å². The fraction of sp³-hybridized carbons (Fsp3) is 0.421. The Morgan fingerprint density at radius 3 is 2.32 bits per heavy atom. The Morgan fingerprint density at radius 1 is 0.909 bits per heavy atom. The minimum absolute atomic E-state index is 0.939. The predicted octanol–water partition coefficient (Wildman–Crippen LogP) is 3.26. The SMILES string of the molecule is Cc1ccc(CN(CCN(C)C)Cc2cccnc2)cc1C. The van der Waals surface area contributed by atoms with Gasteiger partial charge in [-0.05, 0) is 56.3 Å². The summed E-state index contributed by atoms with van der Waals surface area (Å²) >= 11 is 0. The largest absolute Gasteiger partial charge is 0.308 e. The van der Waals surface area contributed by atoms with Crippen LogP contribution in [0.1, 0.15) is 22.3 Å². The van der Waals surface area contributed by atoms with Crippen LogP contribution < -0.4 is 0 Å². The number of hydrogen-bond acceptors (Lipinski definition) is 3. The molecule has 0 aliphatic carbocycles. The molecule has 0 saturated heterocycles. The monoisotopic (exact) mass is 297 g/mol. The molecule has 118 valence electrons. The third-order valence-corrected chi connectivity index (χ3v) is 3.97. The lowest BCUT2D eigenvalue weighted by atomic mass is 10.1. The van der Waals surface area contributed by atoms with E-state index < -0.39 is 0 Å². The van der Waals surface area contributed by atoms with Crippen LogP contribution in [-0.4, -0.2) is 42.0 Å². The van der Waals surface area contributed by atoms with Gasteiger partial charge in [-0.2, -0.15) is 0 Å². The molecule has 0 fully saturated rings. The van der Waals surface area contributed by atoms with Gasteiger partial charge in [0.2, 0.25) is 0 Å². The molecule has 0 atom stereocenters. The summed E-state index contributed by atoms with van der Waals surface area (Å²) in [5.74, 6) is 0. The Bertz CT molecular complexity index is 578. The van der Waals surface area contributed by atoms with Gasteiger partial charge in [-0.25, -0.2) is 0 Å². The van der Waals surface area contributed by atoms with Crippen LogP contribution >= 0.6 is 0 Å². The molecule has 0 N–H and O–H groups in total. The van der Waals surface area contributed by atoms with E-state index in [1.807, 2.05) is 18.5 Å². The molecule has 0 spiro atoms. The molecule has 2 aromatic rings. The highest BCUT2D eigenvalue weighted by molar-refractivity contribution is 5.29. The molecule has 0 unspecified atom stereocenters. The van der Waals surface area contributed by atoms with Gasteiger partial charge < -0.3 is 4.90 Å². The van der Waals surface area contributed by atoms with Crippen molar-refractivity contribution in [2.24, 2.45) is 0 Å². The number of pyridine rings is 1. The van der Waals surface area contributed by atoms with E-state index in [-0.39, 0.29) is 0 Å². The van der Waals surface area contributed by atoms with Crippen LogP contribution in [0.2, 0.25) is 0 Å². The number of likely N-dealkylation sites (N-methyl/N-ethyl adjacent to an activating group) is 1. The zero-order valence-electron chi connectivity index (χ0n) is 14.2. The first-order valence-corrected chi connectivity index (χ1v) is 7.86. The smallest absolute Gasteiger partial charge is 0.0312 e. The zero-order chi connectivity index (χ0) is 15.9. The molecular weight excluding hydrogens is 270 g/mol. The highest BCUT2D eigenvalue weighted by Gasteiger charge is 2.08. The fourth-order valence-electron chi connectivity index (χ4n) is 2.47. The summed E-state index contributed by atoms with van der Waals surface area (Å²) in [6.07, 6.45) is 3.79. The molecule has 3 heteroatoms. The first-order chi connectivity index (χ1) is 10.5. The van der Waals surface area contributed by atoms with Crippen molar-refractivity contribution in [3.05, 3.63) is 65.0 Å². The number of aromatic nitrogens is 1. The highest BCUT2D eigenvalue weighted by atomic mass is 15.2.